The van der Waals surface area contributed by atoms with Gasteiger partial charge in [0.25, 0.3) is 5.91 Å². The highest BCUT2D eigenvalue weighted by molar-refractivity contribution is 5.94. The van der Waals surface area contributed by atoms with E-state index >= 15 is 0 Å². The molecule has 1 aliphatic rings. The number of phenolic OH excluding ortho intramolecular Hbond substituents is 1. The minimum absolute atomic E-state index is 0.0378. The van der Waals surface area contributed by atoms with Gasteiger partial charge in [-0.15, -0.1) is 0 Å². The molecule has 0 spiro atoms. The van der Waals surface area contributed by atoms with Gasteiger partial charge in [0.05, 0.1) is 12.2 Å². The van der Waals surface area contributed by atoms with Crippen LogP contribution in [0.15, 0.2) is 18.2 Å². The lowest BCUT2D eigenvalue weighted by atomic mass is 10.1. The van der Waals surface area contributed by atoms with Crippen LogP contribution in [0.25, 0.3) is 0 Å². The Morgan fingerprint density at radius 3 is 2.59 bits per heavy atom. The Hall–Kier alpha value is -2.08. The molecule has 0 saturated carbocycles. The molecule has 0 bridgehead atoms. The number of amides is 1. The van der Waals surface area contributed by atoms with Gasteiger partial charge in [0.1, 0.15) is 11.3 Å². The molecule has 6 nitrogen and oxygen atoms in total. The number of carbonyl (C=O) groups is 2. The largest absolute Gasteiger partial charge is 0.507 e. The van der Waals surface area contributed by atoms with Crippen LogP contribution in [0.5, 0.6) is 5.75 Å². The molecule has 0 aliphatic carbocycles. The van der Waals surface area contributed by atoms with Crippen molar-refractivity contribution >= 4 is 11.9 Å². The molecule has 1 saturated heterocycles. The Morgan fingerprint density at radius 2 is 1.95 bits per heavy atom. The number of hydrogen-bond donors (Lipinski definition) is 1. The van der Waals surface area contributed by atoms with Crippen molar-refractivity contribution in [2.45, 2.75) is 33.0 Å². The third-order valence-electron chi connectivity index (χ3n) is 3.47. The zero-order valence-electron chi connectivity index (χ0n) is 13.0. The first-order chi connectivity index (χ1) is 10.4. The third kappa shape index (κ3) is 3.98. The summed E-state index contributed by atoms with van der Waals surface area (Å²) in [5.41, 5.74) is 0.892. The first-order valence-electron chi connectivity index (χ1n) is 7.26. The molecular weight excluding hydrogens is 286 g/mol. The lowest BCUT2D eigenvalue weighted by molar-refractivity contribution is -0.146. The normalized spacial score (nSPS) is 21.5. The Morgan fingerprint density at radius 1 is 1.32 bits per heavy atom. The molecule has 1 heterocycles. The van der Waals surface area contributed by atoms with E-state index in [-0.39, 0.29) is 36.0 Å². The summed E-state index contributed by atoms with van der Waals surface area (Å²) in [7, 11) is 0. The van der Waals surface area contributed by atoms with E-state index < -0.39 is 5.97 Å². The van der Waals surface area contributed by atoms with Gasteiger partial charge in [0, 0.05) is 13.1 Å². The fourth-order valence-electron chi connectivity index (χ4n) is 2.49. The van der Waals surface area contributed by atoms with Crippen LogP contribution >= 0.6 is 0 Å². The maximum absolute atomic E-state index is 12.1. The van der Waals surface area contributed by atoms with Crippen molar-refractivity contribution in [3.8, 4) is 5.75 Å². The molecule has 0 radical (unpaired) electrons. The quantitative estimate of drug-likeness (QED) is 0.856. The fraction of sp³-hybridized carbons (Fsp3) is 0.500. The highest BCUT2D eigenvalue weighted by Crippen LogP contribution is 2.19. The molecule has 1 aromatic carbocycles. The van der Waals surface area contributed by atoms with Crippen LogP contribution in [0.3, 0.4) is 0 Å². The van der Waals surface area contributed by atoms with Crippen molar-refractivity contribution in [1.29, 1.82) is 0 Å². The summed E-state index contributed by atoms with van der Waals surface area (Å²) >= 11 is 0. The summed E-state index contributed by atoms with van der Waals surface area (Å²) in [4.78, 5) is 25.7. The van der Waals surface area contributed by atoms with Gasteiger partial charge < -0.3 is 19.5 Å². The maximum Gasteiger partial charge on any atom is 0.342 e. The lowest BCUT2D eigenvalue weighted by Gasteiger charge is -2.35. The first kappa shape index (κ1) is 16.3. The van der Waals surface area contributed by atoms with E-state index in [2.05, 4.69) is 0 Å². The average Bonchev–Trinajstić information content (AvgIpc) is 2.45. The van der Waals surface area contributed by atoms with Crippen LogP contribution in [0.1, 0.15) is 29.8 Å². The van der Waals surface area contributed by atoms with E-state index in [0.717, 1.165) is 5.56 Å². The molecule has 1 aromatic rings. The van der Waals surface area contributed by atoms with Gasteiger partial charge in [-0.25, -0.2) is 4.79 Å². The second-order valence-corrected chi connectivity index (χ2v) is 5.65. The fourth-order valence-corrected chi connectivity index (χ4v) is 2.49. The second kappa shape index (κ2) is 6.79. The van der Waals surface area contributed by atoms with Crippen LogP contribution in [0, 0.1) is 6.92 Å². The molecule has 6 heteroatoms. The molecule has 120 valence electrons. The number of nitrogens with zero attached hydrogens (tertiary/aromatic N) is 1. The number of rotatable bonds is 3. The summed E-state index contributed by atoms with van der Waals surface area (Å²) in [6.07, 6.45) is -0.0755. The molecule has 1 fully saturated rings. The molecule has 2 rings (SSSR count). The first-order valence-corrected chi connectivity index (χ1v) is 7.26. The van der Waals surface area contributed by atoms with Crippen molar-refractivity contribution in [3.63, 3.8) is 0 Å². The second-order valence-electron chi connectivity index (χ2n) is 5.65. The minimum Gasteiger partial charge on any atom is -0.507 e. The van der Waals surface area contributed by atoms with Crippen LogP contribution in [0.4, 0.5) is 0 Å². The predicted octanol–water partition coefficient (Wildman–Crippen LogP) is 1.49. The molecule has 1 N–H and O–H groups in total. The number of hydrogen-bond acceptors (Lipinski definition) is 5. The van der Waals surface area contributed by atoms with Gasteiger partial charge in [0.15, 0.2) is 6.61 Å². The number of carbonyl (C=O) groups excluding carboxylic acids is 2. The molecular formula is C16H21NO5. The number of morpholine rings is 1. The topological polar surface area (TPSA) is 76.1 Å². The molecule has 1 amide bonds. The summed E-state index contributed by atoms with van der Waals surface area (Å²) in [6.45, 7) is 6.22. The Bertz CT molecular complexity index is 562. The smallest absolute Gasteiger partial charge is 0.342 e. The van der Waals surface area contributed by atoms with Crippen LogP contribution < -0.4 is 0 Å². The lowest BCUT2D eigenvalue weighted by Crippen LogP contribution is -2.49. The van der Waals surface area contributed by atoms with Crippen molar-refractivity contribution in [2.75, 3.05) is 19.7 Å². The zero-order valence-corrected chi connectivity index (χ0v) is 13.0. The number of aromatic hydroxyl groups is 1. The van der Waals surface area contributed by atoms with Crippen molar-refractivity contribution < 1.29 is 24.2 Å². The van der Waals surface area contributed by atoms with Gasteiger partial charge in [-0.05, 0) is 32.9 Å². The molecule has 22 heavy (non-hydrogen) atoms. The van der Waals surface area contributed by atoms with E-state index in [4.69, 9.17) is 9.47 Å². The van der Waals surface area contributed by atoms with Gasteiger partial charge in [-0.2, -0.15) is 0 Å². The number of phenols is 1. The monoisotopic (exact) mass is 307 g/mol. The maximum atomic E-state index is 12.1. The van der Waals surface area contributed by atoms with Crippen LogP contribution in [0.2, 0.25) is 0 Å². The van der Waals surface area contributed by atoms with Gasteiger partial charge in [0.2, 0.25) is 0 Å². The highest BCUT2D eigenvalue weighted by Gasteiger charge is 2.26. The Balaban J connectivity index is 1.93. The predicted molar refractivity (Wildman–Crippen MR) is 79.7 cm³/mol. The van der Waals surface area contributed by atoms with E-state index in [1.54, 1.807) is 17.9 Å². The number of ether oxygens (including phenoxy) is 2. The van der Waals surface area contributed by atoms with E-state index in [1.807, 2.05) is 13.8 Å². The summed E-state index contributed by atoms with van der Waals surface area (Å²) < 4.78 is 10.6. The third-order valence-corrected chi connectivity index (χ3v) is 3.47. The van der Waals surface area contributed by atoms with Crippen molar-refractivity contribution in [3.05, 3.63) is 29.3 Å². The van der Waals surface area contributed by atoms with E-state index in [9.17, 15) is 14.7 Å². The Kier molecular flexibility index (Phi) is 5.03. The molecule has 2 atom stereocenters. The SMILES string of the molecule is Cc1ccc(O)c(C(=O)OCC(=O)N2C[C@@H](C)O[C@@H](C)C2)c1. The number of aryl methyl sites for hydroxylation is 1. The zero-order chi connectivity index (χ0) is 16.3. The standard InChI is InChI=1S/C16H21NO5/c1-10-4-5-14(18)13(6-10)16(20)21-9-15(19)17-7-11(2)22-12(3)8-17/h4-6,11-12,18H,7-9H2,1-3H3/t11-,12+. The molecule has 0 unspecified atom stereocenters. The number of benzene rings is 1. The van der Waals surface area contributed by atoms with Gasteiger partial charge >= 0.3 is 5.97 Å². The minimum atomic E-state index is -0.705. The number of esters is 1. The molecule has 0 aromatic heterocycles. The van der Waals surface area contributed by atoms with Gasteiger partial charge in [-0.1, -0.05) is 11.6 Å². The highest BCUT2D eigenvalue weighted by atomic mass is 16.5. The van der Waals surface area contributed by atoms with E-state index in [1.165, 1.54) is 12.1 Å². The van der Waals surface area contributed by atoms with Crippen LogP contribution in [-0.4, -0.2) is 53.8 Å². The van der Waals surface area contributed by atoms with Crippen molar-refractivity contribution in [2.24, 2.45) is 0 Å². The summed E-state index contributed by atoms with van der Waals surface area (Å²) in [5, 5.41) is 9.68. The van der Waals surface area contributed by atoms with Crippen molar-refractivity contribution in [1.82, 2.24) is 4.90 Å². The average molecular weight is 307 g/mol. The van der Waals surface area contributed by atoms with Crippen LogP contribution in [-0.2, 0) is 14.3 Å². The van der Waals surface area contributed by atoms with E-state index in [0.29, 0.717) is 13.1 Å². The summed E-state index contributed by atoms with van der Waals surface area (Å²) in [5.74, 6) is -1.12. The summed E-state index contributed by atoms with van der Waals surface area (Å²) in [6, 6.07) is 4.65. The van der Waals surface area contributed by atoms with Gasteiger partial charge in [-0.3, -0.25) is 4.79 Å². The Labute approximate surface area is 129 Å². The molecule has 1 aliphatic heterocycles.